The van der Waals surface area contributed by atoms with Crippen LogP contribution < -0.4 is 9.47 Å². The van der Waals surface area contributed by atoms with Crippen molar-refractivity contribution in [1.29, 1.82) is 0 Å². The molecule has 1 aliphatic heterocycles. The maximum Gasteiger partial charge on any atom is 0.308 e. The van der Waals surface area contributed by atoms with Gasteiger partial charge in [-0.2, -0.15) is 0 Å². The Morgan fingerprint density at radius 2 is 1.74 bits per heavy atom. The molecule has 3 rings (SSSR count). The first-order valence-corrected chi connectivity index (χ1v) is 8.14. The van der Waals surface area contributed by atoms with Crippen molar-refractivity contribution in [2.24, 2.45) is 0 Å². The van der Waals surface area contributed by atoms with Gasteiger partial charge in [-0.15, -0.1) is 0 Å². The predicted molar refractivity (Wildman–Crippen MR) is 91.8 cm³/mol. The molecule has 3 N–H and O–H groups in total. The van der Waals surface area contributed by atoms with Crippen LogP contribution in [-0.4, -0.2) is 33.4 Å². The Morgan fingerprint density at radius 1 is 1.00 bits per heavy atom. The van der Waals surface area contributed by atoms with Crippen molar-refractivity contribution >= 4 is 11.9 Å². The summed E-state index contributed by atoms with van der Waals surface area (Å²) in [4.78, 5) is 22.7. The van der Waals surface area contributed by atoms with Gasteiger partial charge in [-0.1, -0.05) is 6.07 Å². The van der Waals surface area contributed by atoms with Gasteiger partial charge >= 0.3 is 11.9 Å². The Labute approximate surface area is 154 Å². The van der Waals surface area contributed by atoms with Gasteiger partial charge < -0.3 is 29.5 Å². The van der Waals surface area contributed by atoms with Gasteiger partial charge in [0.1, 0.15) is 23.4 Å². The Kier molecular flexibility index (Phi) is 4.81. The van der Waals surface area contributed by atoms with Gasteiger partial charge in [0.2, 0.25) is 0 Å². The molecule has 1 aliphatic rings. The molecule has 2 aromatic carbocycles. The first kappa shape index (κ1) is 18.4. The highest BCUT2D eigenvalue weighted by atomic mass is 16.6. The normalized spacial score (nSPS) is 18.1. The van der Waals surface area contributed by atoms with Crippen LogP contribution in [0.3, 0.4) is 0 Å². The van der Waals surface area contributed by atoms with Crippen molar-refractivity contribution < 1.29 is 39.1 Å². The van der Waals surface area contributed by atoms with Gasteiger partial charge in [0, 0.05) is 43.5 Å². The van der Waals surface area contributed by atoms with Crippen LogP contribution in [0.4, 0.5) is 0 Å². The maximum atomic E-state index is 11.5. The van der Waals surface area contributed by atoms with E-state index in [0.29, 0.717) is 11.1 Å². The monoisotopic (exact) mass is 374 g/mol. The van der Waals surface area contributed by atoms with Gasteiger partial charge in [-0.3, -0.25) is 9.59 Å². The van der Waals surface area contributed by atoms with E-state index in [2.05, 4.69) is 0 Å². The smallest absolute Gasteiger partial charge is 0.308 e. The van der Waals surface area contributed by atoms with Crippen LogP contribution in [0.2, 0.25) is 0 Å². The van der Waals surface area contributed by atoms with Gasteiger partial charge in [0.05, 0.1) is 0 Å². The summed E-state index contributed by atoms with van der Waals surface area (Å²) in [5.41, 5.74) is 0.857. The Morgan fingerprint density at radius 3 is 2.37 bits per heavy atom. The van der Waals surface area contributed by atoms with E-state index in [0.717, 1.165) is 0 Å². The van der Waals surface area contributed by atoms with Gasteiger partial charge in [0.15, 0.2) is 17.6 Å². The fourth-order valence-electron chi connectivity index (χ4n) is 2.98. The number of phenolic OH excluding ortho intramolecular Hbond substituents is 3. The van der Waals surface area contributed by atoms with Crippen LogP contribution in [0.25, 0.3) is 0 Å². The fourth-order valence-corrected chi connectivity index (χ4v) is 2.98. The highest BCUT2D eigenvalue weighted by Gasteiger charge is 2.36. The molecule has 0 saturated heterocycles. The van der Waals surface area contributed by atoms with Crippen molar-refractivity contribution in [2.75, 3.05) is 0 Å². The Hall–Kier alpha value is -3.42. The summed E-state index contributed by atoms with van der Waals surface area (Å²) in [5.74, 6) is -1.52. The van der Waals surface area contributed by atoms with Crippen LogP contribution in [0.1, 0.15) is 31.1 Å². The van der Waals surface area contributed by atoms with Crippen LogP contribution >= 0.6 is 0 Å². The van der Waals surface area contributed by atoms with Crippen LogP contribution in [0.5, 0.6) is 28.7 Å². The molecule has 8 heteroatoms. The average Bonchev–Trinajstić information content (AvgIpc) is 2.56. The van der Waals surface area contributed by atoms with Crippen molar-refractivity contribution in [3.8, 4) is 28.7 Å². The lowest BCUT2D eigenvalue weighted by Gasteiger charge is -2.33. The molecule has 2 aromatic rings. The van der Waals surface area contributed by atoms with E-state index < -0.39 is 24.1 Å². The summed E-state index contributed by atoms with van der Waals surface area (Å²) in [6, 6.07) is 6.85. The molecule has 0 spiro atoms. The molecule has 27 heavy (non-hydrogen) atoms. The summed E-state index contributed by atoms with van der Waals surface area (Å²) in [7, 11) is 0. The minimum atomic E-state index is -0.806. The molecule has 0 aromatic heterocycles. The third-order valence-electron chi connectivity index (χ3n) is 4.06. The molecule has 0 aliphatic carbocycles. The van der Waals surface area contributed by atoms with E-state index in [4.69, 9.17) is 14.2 Å². The lowest BCUT2D eigenvalue weighted by molar-refractivity contribution is -0.152. The molecular formula is C19H18O8. The van der Waals surface area contributed by atoms with Crippen molar-refractivity contribution in [3.05, 3.63) is 41.5 Å². The molecule has 0 fully saturated rings. The molecule has 0 unspecified atom stereocenters. The van der Waals surface area contributed by atoms with Crippen molar-refractivity contribution in [1.82, 2.24) is 0 Å². The minimum Gasteiger partial charge on any atom is -0.507 e. The molecule has 1 heterocycles. The van der Waals surface area contributed by atoms with E-state index >= 15 is 0 Å². The Bertz CT molecular complexity index is 905. The topological polar surface area (TPSA) is 123 Å². The third-order valence-corrected chi connectivity index (χ3v) is 4.06. The van der Waals surface area contributed by atoms with Gasteiger partial charge in [0.25, 0.3) is 0 Å². The molecule has 0 radical (unpaired) electrons. The van der Waals surface area contributed by atoms with Crippen molar-refractivity contribution in [3.63, 3.8) is 0 Å². The first-order chi connectivity index (χ1) is 12.7. The minimum absolute atomic E-state index is 0.108. The van der Waals surface area contributed by atoms with E-state index in [1.165, 1.54) is 44.2 Å². The lowest BCUT2D eigenvalue weighted by atomic mass is 9.93. The number of carbonyl (C=O) groups is 2. The summed E-state index contributed by atoms with van der Waals surface area (Å²) < 4.78 is 16.2. The van der Waals surface area contributed by atoms with Crippen LogP contribution in [0, 0.1) is 0 Å². The molecule has 142 valence electrons. The highest BCUT2D eigenvalue weighted by Crippen LogP contribution is 2.44. The number of esters is 2. The maximum absolute atomic E-state index is 11.5. The molecule has 0 saturated carbocycles. The molecule has 2 atom stereocenters. The third kappa shape index (κ3) is 3.89. The first-order valence-electron chi connectivity index (χ1n) is 8.14. The number of fused-ring (bicyclic) bond motifs is 1. The van der Waals surface area contributed by atoms with Crippen molar-refractivity contribution in [2.45, 2.75) is 32.5 Å². The highest BCUT2D eigenvalue weighted by molar-refractivity contribution is 5.70. The van der Waals surface area contributed by atoms with E-state index in [9.17, 15) is 24.9 Å². The predicted octanol–water partition coefficient (Wildman–Crippen LogP) is 2.34. The summed E-state index contributed by atoms with van der Waals surface area (Å²) >= 11 is 0. The number of benzene rings is 2. The number of carbonyl (C=O) groups excluding carboxylic acids is 2. The lowest BCUT2D eigenvalue weighted by Crippen LogP contribution is -2.34. The van der Waals surface area contributed by atoms with E-state index in [1.54, 1.807) is 0 Å². The SMILES string of the molecule is CC(=O)Oc1cc(O)c2c(c1)O[C@H](c1ccc(O)c(O)c1)[C@H](OC(C)=O)C2. The van der Waals surface area contributed by atoms with E-state index in [-0.39, 0.29) is 35.2 Å². The van der Waals surface area contributed by atoms with Crippen LogP contribution in [-0.2, 0) is 20.7 Å². The molecule has 8 nitrogen and oxygen atoms in total. The second-order valence-electron chi connectivity index (χ2n) is 6.15. The second-order valence-corrected chi connectivity index (χ2v) is 6.15. The number of aromatic hydroxyl groups is 3. The number of rotatable bonds is 3. The standard InChI is InChI=1S/C19H18O8/c1-9(20)25-12-6-15(23)13-8-18(26-10(2)21)19(27-17(13)7-12)11-3-4-14(22)16(24)5-11/h3-7,18-19,22-24H,8H2,1-2H3/t18-,19-/m1/s1. The summed E-state index contributed by atoms with van der Waals surface area (Å²) in [6.45, 7) is 2.49. The van der Waals surface area contributed by atoms with Gasteiger partial charge in [-0.25, -0.2) is 0 Å². The molecular weight excluding hydrogens is 356 g/mol. The van der Waals surface area contributed by atoms with Gasteiger partial charge in [-0.05, 0) is 12.1 Å². The van der Waals surface area contributed by atoms with Crippen LogP contribution in [0.15, 0.2) is 30.3 Å². The van der Waals surface area contributed by atoms with E-state index in [1.807, 2.05) is 0 Å². The average molecular weight is 374 g/mol. The second kappa shape index (κ2) is 7.06. The zero-order valence-electron chi connectivity index (χ0n) is 14.6. The number of hydrogen-bond donors (Lipinski definition) is 3. The number of hydrogen-bond acceptors (Lipinski definition) is 8. The zero-order chi connectivity index (χ0) is 19.7. The zero-order valence-corrected chi connectivity index (χ0v) is 14.6. The molecule has 0 bridgehead atoms. The quantitative estimate of drug-likeness (QED) is 0.425. The number of ether oxygens (including phenoxy) is 3. The Balaban J connectivity index is 2.02. The number of phenols is 3. The largest absolute Gasteiger partial charge is 0.507 e. The summed E-state index contributed by atoms with van der Waals surface area (Å²) in [6.07, 6.45) is -1.43. The fraction of sp³-hybridized carbons (Fsp3) is 0.263. The molecule has 0 amide bonds. The summed E-state index contributed by atoms with van der Waals surface area (Å²) in [5, 5.41) is 29.5.